The quantitative estimate of drug-likeness (QED) is 0.735. The monoisotopic (exact) mass is 169 g/mol. The van der Waals surface area contributed by atoms with Crippen LogP contribution in [-0.4, -0.2) is 16.2 Å². The number of nitrogens with zero attached hydrogens (tertiary/aromatic N) is 2. The van der Waals surface area contributed by atoms with Gasteiger partial charge >= 0.3 is 0 Å². The second-order valence-electron chi connectivity index (χ2n) is 3.25. The lowest BCUT2D eigenvalue weighted by Gasteiger charge is -2.06. The summed E-state index contributed by atoms with van der Waals surface area (Å²) in [4.78, 5) is 4.00. The molecule has 1 heterocycles. The fourth-order valence-corrected chi connectivity index (χ4v) is 0.775. The van der Waals surface area contributed by atoms with Crippen molar-refractivity contribution in [2.45, 2.75) is 13.8 Å². The van der Waals surface area contributed by atoms with Crippen LogP contribution >= 0.6 is 0 Å². The number of hydrogen-bond donors (Lipinski definition) is 1. The van der Waals surface area contributed by atoms with E-state index in [0.29, 0.717) is 24.2 Å². The van der Waals surface area contributed by atoms with Crippen molar-refractivity contribution in [3.63, 3.8) is 0 Å². The predicted molar refractivity (Wildman–Crippen MR) is 48.0 cm³/mol. The van der Waals surface area contributed by atoms with Gasteiger partial charge in [-0.2, -0.15) is 0 Å². The maximum atomic E-state index is 5.66. The topological polar surface area (TPSA) is 53.1 Å². The van der Waals surface area contributed by atoms with Gasteiger partial charge in [0.25, 0.3) is 5.88 Å². The lowest BCUT2D eigenvalue weighted by Crippen LogP contribution is -2.06. The van der Waals surface area contributed by atoms with Gasteiger partial charge in [0.15, 0.2) is 5.82 Å². The number of aryl methyl sites for hydroxylation is 1. The van der Waals surface area contributed by atoms with E-state index in [-0.39, 0.29) is 0 Å². The summed E-state index contributed by atoms with van der Waals surface area (Å²) in [5.41, 5.74) is 5.66. The molecule has 4 nitrogen and oxygen atoms in total. The Bertz CT molecular complexity index is 255. The summed E-state index contributed by atoms with van der Waals surface area (Å²) < 4.78 is 7.09. The van der Waals surface area contributed by atoms with Gasteiger partial charge in [0.1, 0.15) is 6.33 Å². The molecule has 0 atom stereocenters. The highest BCUT2D eigenvalue weighted by molar-refractivity contribution is 5.41. The standard InChI is InChI=1S/C8H15N3O/c1-6(2)4-12-8-7(9)11(3)5-10-8/h5-6H,4,9H2,1-3H3. The summed E-state index contributed by atoms with van der Waals surface area (Å²) in [5, 5.41) is 0. The van der Waals surface area contributed by atoms with E-state index in [1.165, 1.54) is 0 Å². The minimum absolute atomic E-state index is 0.492. The molecule has 0 aliphatic heterocycles. The van der Waals surface area contributed by atoms with Crippen molar-refractivity contribution in [3.05, 3.63) is 6.33 Å². The fraction of sp³-hybridized carbons (Fsp3) is 0.625. The highest BCUT2D eigenvalue weighted by atomic mass is 16.5. The van der Waals surface area contributed by atoms with E-state index in [1.807, 2.05) is 7.05 Å². The third kappa shape index (κ3) is 1.90. The molecule has 0 aliphatic carbocycles. The summed E-state index contributed by atoms with van der Waals surface area (Å²) in [7, 11) is 1.84. The van der Waals surface area contributed by atoms with Gasteiger partial charge < -0.3 is 15.0 Å². The Kier molecular flexibility index (Phi) is 2.58. The number of nitrogen functional groups attached to an aromatic ring is 1. The van der Waals surface area contributed by atoms with Crippen molar-refractivity contribution < 1.29 is 4.74 Å². The Balaban J connectivity index is 2.58. The van der Waals surface area contributed by atoms with Crippen LogP contribution < -0.4 is 10.5 Å². The average Bonchev–Trinajstić information content (AvgIpc) is 2.30. The largest absolute Gasteiger partial charge is 0.475 e. The van der Waals surface area contributed by atoms with Crippen molar-refractivity contribution in [3.8, 4) is 5.88 Å². The summed E-state index contributed by atoms with van der Waals surface area (Å²) in [6.07, 6.45) is 1.64. The van der Waals surface area contributed by atoms with Gasteiger partial charge in [-0.05, 0) is 5.92 Å². The smallest absolute Gasteiger partial charge is 0.256 e. The first-order valence-electron chi connectivity index (χ1n) is 4.01. The van der Waals surface area contributed by atoms with Gasteiger partial charge in [0.2, 0.25) is 0 Å². The summed E-state index contributed by atoms with van der Waals surface area (Å²) in [5.74, 6) is 1.60. The zero-order chi connectivity index (χ0) is 9.14. The van der Waals surface area contributed by atoms with E-state index in [0.717, 1.165) is 0 Å². The van der Waals surface area contributed by atoms with Crippen LogP contribution in [0.15, 0.2) is 6.33 Å². The Morgan fingerprint density at radius 2 is 2.33 bits per heavy atom. The molecule has 12 heavy (non-hydrogen) atoms. The van der Waals surface area contributed by atoms with Crippen molar-refractivity contribution >= 4 is 5.82 Å². The number of nitrogens with two attached hydrogens (primary N) is 1. The van der Waals surface area contributed by atoms with Crippen molar-refractivity contribution in [1.82, 2.24) is 9.55 Å². The Morgan fingerprint density at radius 1 is 1.67 bits per heavy atom. The summed E-state index contributed by atoms with van der Waals surface area (Å²) in [6, 6.07) is 0. The average molecular weight is 169 g/mol. The SMILES string of the molecule is CC(C)COc1ncn(C)c1N. The number of anilines is 1. The predicted octanol–water partition coefficient (Wildman–Crippen LogP) is 1.04. The Hall–Kier alpha value is -1.19. The molecule has 0 fully saturated rings. The number of imidazole rings is 1. The van der Waals surface area contributed by atoms with E-state index in [4.69, 9.17) is 10.5 Å². The zero-order valence-corrected chi connectivity index (χ0v) is 7.74. The molecule has 0 bridgehead atoms. The van der Waals surface area contributed by atoms with Crippen LogP contribution in [0.5, 0.6) is 5.88 Å². The van der Waals surface area contributed by atoms with E-state index in [1.54, 1.807) is 10.9 Å². The first kappa shape index (κ1) is 8.90. The molecule has 1 rings (SSSR count). The molecule has 0 aliphatic rings. The van der Waals surface area contributed by atoms with Crippen molar-refractivity contribution in [1.29, 1.82) is 0 Å². The Labute approximate surface area is 72.3 Å². The van der Waals surface area contributed by atoms with Crippen molar-refractivity contribution in [2.75, 3.05) is 12.3 Å². The van der Waals surface area contributed by atoms with Gasteiger partial charge in [-0.1, -0.05) is 13.8 Å². The number of ether oxygens (including phenoxy) is 1. The molecule has 0 radical (unpaired) electrons. The molecular formula is C8H15N3O. The van der Waals surface area contributed by atoms with Crippen molar-refractivity contribution in [2.24, 2.45) is 13.0 Å². The lowest BCUT2D eigenvalue weighted by atomic mass is 10.2. The molecule has 0 saturated carbocycles. The van der Waals surface area contributed by atoms with Gasteiger partial charge in [-0.25, -0.2) is 4.98 Å². The van der Waals surface area contributed by atoms with Gasteiger partial charge in [-0.15, -0.1) is 0 Å². The van der Waals surface area contributed by atoms with Crippen LogP contribution in [0, 0.1) is 5.92 Å². The van der Waals surface area contributed by atoms with Crippen LogP contribution in [0.1, 0.15) is 13.8 Å². The molecule has 1 aromatic heterocycles. The van der Waals surface area contributed by atoms with Crippen LogP contribution in [0.25, 0.3) is 0 Å². The second kappa shape index (κ2) is 3.47. The summed E-state index contributed by atoms with van der Waals surface area (Å²) in [6.45, 7) is 4.82. The Morgan fingerprint density at radius 3 is 2.75 bits per heavy atom. The number of rotatable bonds is 3. The first-order valence-corrected chi connectivity index (χ1v) is 4.01. The normalized spacial score (nSPS) is 10.7. The molecule has 1 aromatic rings. The molecule has 0 unspecified atom stereocenters. The minimum atomic E-state index is 0.492. The second-order valence-corrected chi connectivity index (χ2v) is 3.25. The molecule has 0 spiro atoms. The van der Waals surface area contributed by atoms with Crippen LogP contribution in [0.3, 0.4) is 0 Å². The molecule has 2 N–H and O–H groups in total. The van der Waals surface area contributed by atoms with E-state index >= 15 is 0 Å². The number of hydrogen-bond acceptors (Lipinski definition) is 3. The highest BCUT2D eigenvalue weighted by Gasteiger charge is 2.06. The van der Waals surface area contributed by atoms with Gasteiger partial charge in [0.05, 0.1) is 6.61 Å². The highest BCUT2D eigenvalue weighted by Crippen LogP contribution is 2.17. The molecule has 0 aromatic carbocycles. The zero-order valence-electron chi connectivity index (χ0n) is 7.74. The first-order chi connectivity index (χ1) is 5.61. The van der Waals surface area contributed by atoms with Gasteiger partial charge in [0, 0.05) is 7.05 Å². The lowest BCUT2D eigenvalue weighted by molar-refractivity contribution is 0.264. The molecule has 0 amide bonds. The molecule has 0 saturated heterocycles. The fourth-order valence-electron chi connectivity index (χ4n) is 0.775. The molecule has 4 heteroatoms. The third-order valence-electron chi connectivity index (χ3n) is 1.50. The van der Waals surface area contributed by atoms with E-state index in [9.17, 15) is 0 Å². The van der Waals surface area contributed by atoms with Gasteiger partial charge in [-0.3, -0.25) is 0 Å². The van der Waals surface area contributed by atoms with E-state index < -0.39 is 0 Å². The van der Waals surface area contributed by atoms with Crippen LogP contribution in [0.2, 0.25) is 0 Å². The molecule has 68 valence electrons. The minimum Gasteiger partial charge on any atom is -0.475 e. The van der Waals surface area contributed by atoms with Crippen LogP contribution in [-0.2, 0) is 7.05 Å². The third-order valence-corrected chi connectivity index (χ3v) is 1.50. The van der Waals surface area contributed by atoms with E-state index in [2.05, 4.69) is 18.8 Å². The summed E-state index contributed by atoms with van der Waals surface area (Å²) >= 11 is 0. The van der Waals surface area contributed by atoms with Crippen LogP contribution in [0.4, 0.5) is 5.82 Å². The maximum Gasteiger partial charge on any atom is 0.256 e. The number of aromatic nitrogens is 2. The maximum absolute atomic E-state index is 5.66. The molecular weight excluding hydrogens is 154 g/mol.